The van der Waals surface area contributed by atoms with E-state index in [9.17, 15) is 5.11 Å². The summed E-state index contributed by atoms with van der Waals surface area (Å²) in [5, 5.41) is 13.8. The molecule has 2 heterocycles. The van der Waals surface area contributed by atoms with Gasteiger partial charge in [0.1, 0.15) is 5.65 Å². The van der Waals surface area contributed by atoms with Gasteiger partial charge < -0.3 is 15.4 Å². The van der Waals surface area contributed by atoms with Crippen molar-refractivity contribution in [3.05, 3.63) is 30.1 Å². The van der Waals surface area contributed by atoms with Crippen molar-refractivity contribution in [3.63, 3.8) is 0 Å². The fourth-order valence-electron chi connectivity index (χ4n) is 1.68. The highest BCUT2D eigenvalue weighted by Gasteiger charge is 2.04. The number of nitrogens with zero attached hydrogens (tertiary/aromatic N) is 1. The van der Waals surface area contributed by atoms with Crippen LogP contribution in [-0.2, 0) is 6.54 Å². The lowest BCUT2D eigenvalue weighted by atomic mass is 10.2. The molecule has 1 atom stereocenters. The Labute approximate surface area is 94.7 Å². The van der Waals surface area contributed by atoms with Crippen LogP contribution in [0.3, 0.4) is 0 Å². The normalized spacial score (nSPS) is 13.1. The molecule has 0 saturated carbocycles. The minimum absolute atomic E-state index is 0.261. The second-order valence-electron chi connectivity index (χ2n) is 3.91. The molecule has 16 heavy (non-hydrogen) atoms. The largest absolute Gasteiger partial charge is 0.392 e. The van der Waals surface area contributed by atoms with Crippen molar-refractivity contribution in [3.8, 4) is 0 Å². The molecule has 4 heteroatoms. The van der Waals surface area contributed by atoms with Gasteiger partial charge in [0.15, 0.2) is 0 Å². The highest BCUT2D eigenvalue weighted by atomic mass is 16.3. The molecule has 3 N–H and O–H groups in total. The van der Waals surface area contributed by atoms with Crippen molar-refractivity contribution in [2.75, 3.05) is 6.54 Å². The Hall–Kier alpha value is -1.39. The molecule has 0 bridgehead atoms. The van der Waals surface area contributed by atoms with Gasteiger partial charge in [-0.05, 0) is 24.1 Å². The third-order valence-electron chi connectivity index (χ3n) is 2.70. The van der Waals surface area contributed by atoms with Crippen molar-refractivity contribution in [1.29, 1.82) is 0 Å². The Bertz CT molecular complexity index is 452. The van der Waals surface area contributed by atoms with Crippen LogP contribution in [0, 0.1) is 0 Å². The van der Waals surface area contributed by atoms with Gasteiger partial charge in [-0.3, -0.25) is 0 Å². The van der Waals surface area contributed by atoms with Crippen molar-refractivity contribution in [2.24, 2.45) is 0 Å². The van der Waals surface area contributed by atoms with Crippen molar-refractivity contribution in [2.45, 2.75) is 26.0 Å². The maximum atomic E-state index is 9.42. The highest BCUT2D eigenvalue weighted by Crippen LogP contribution is 2.14. The number of aromatic nitrogens is 2. The van der Waals surface area contributed by atoms with Gasteiger partial charge in [-0.25, -0.2) is 4.98 Å². The molecule has 0 saturated heterocycles. The maximum absolute atomic E-state index is 9.42. The first kappa shape index (κ1) is 11.1. The lowest BCUT2D eigenvalue weighted by molar-refractivity contribution is 0.167. The molecule has 4 nitrogen and oxygen atoms in total. The van der Waals surface area contributed by atoms with E-state index in [2.05, 4.69) is 15.3 Å². The summed E-state index contributed by atoms with van der Waals surface area (Å²) < 4.78 is 0. The van der Waals surface area contributed by atoms with Crippen LogP contribution >= 0.6 is 0 Å². The Morgan fingerprint density at radius 1 is 1.56 bits per heavy atom. The first-order valence-electron chi connectivity index (χ1n) is 5.61. The Morgan fingerprint density at radius 3 is 3.25 bits per heavy atom. The fraction of sp³-hybridized carbons (Fsp3) is 0.417. The minimum Gasteiger partial charge on any atom is -0.392 e. The zero-order valence-electron chi connectivity index (χ0n) is 9.40. The van der Waals surface area contributed by atoms with Crippen molar-refractivity contribution < 1.29 is 5.11 Å². The predicted octanol–water partition coefficient (Wildman–Crippen LogP) is 1.42. The van der Waals surface area contributed by atoms with Gasteiger partial charge in [-0.15, -0.1) is 0 Å². The molecule has 2 aromatic heterocycles. The number of H-pyrrole nitrogens is 1. The van der Waals surface area contributed by atoms with Crippen LogP contribution in [0.2, 0.25) is 0 Å². The minimum atomic E-state index is -0.261. The molecule has 0 aliphatic heterocycles. The van der Waals surface area contributed by atoms with Crippen LogP contribution in [0.4, 0.5) is 0 Å². The number of hydrogen-bond donors (Lipinski definition) is 3. The molecule has 0 amide bonds. The first-order valence-corrected chi connectivity index (χ1v) is 5.61. The second-order valence-corrected chi connectivity index (χ2v) is 3.91. The Kier molecular flexibility index (Phi) is 3.54. The summed E-state index contributed by atoms with van der Waals surface area (Å²) in [5.41, 5.74) is 2.10. The van der Waals surface area contributed by atoms with Gasteiger partial charge in [-0.1, -0.05) is 6.92 Å². The molecule has 0 fully saturated rings. The number of aromatic amines is 1. The van der Waals surface area contributed by atoms with E-state index in [1.807, 2.05) is 25.3 Å². The molecule has 0 aromatic carbocycles. The number of nitrogens with one attached hydrogen (secondary N) is 2. The van der Waals surface area contributed by atoms with Gasteiger partial charge in [0, 0.05) is 30.9 Å². The first-order chi connectivity index (χ1) is 7.81. The summed E-state index contributed by atoms with van der Waals surface area (Å²) in [6.07, 6.45) is 4.26. The van der Waals surface area contributed by atoms with Crippen LogP contribution in [0.1, 0.15) is 18.9 Å². The number of aliphatic hydroxyl groups excluding tert-OH is 1. The standard InChI is InChI=1S/C12H17N3O/c1-2-10(16)8-13-6-9-7-15-12-11(9)4-3-5-14-12/h3-5,7,10,13,16H,2,6,8H2,1H3,(H,14,15). The molecule has 86 valence electrons. The number of rotatable bonds is 5. The van der Waals surface area contributed by atoms with E-state index < -0.39 is 0 Å². The second kappa shape index (κ2) is 5.09. The van der Waals surface area contributed by atoms with Crippen LogP contribution in [0.25, 0.3) is 11.0 Å². The van der Waals surface area contributed by atoms with Crippen molar-refractivity contribution >= 4 is 11.0 Å². The summed E-state index contributed by atoms with van der Waals surface area (Å²) >= 11 is 0. The van der Waals surface area contributed by atoms with E-state index in [4.69, 9.17) is 0 Å². The van der Waals surface area contributed by atoms with E-state index in [1.165, 1.54) is 5.56 Å². The number of fused-ring (bicyclic) bond motifs is 1. The molecular weight excluding hydrogens is 202 g/mol. The zero-order chi connectivity index (χ0) is 11.4. The number of aliphatic hydroxyl groups is 1. The summed E-state index contributed by atoms with van der Waals surface area (Å²) in [6.45, 7) is 3.36. The van der Waals surface area contributed by atoms with Crippen LogP contribution < -0.4 is 5.32 Å². The third-order valence-corrected chi connectivity index (χ3v) is 2.70. The van der Waals surface area contributed by atoms with Gasteiger partial charge in [-0.2, -0.15) is 0 Å². The fourth-order valence-corrected chi connectivity index (χ4v) is 1.68. The SMILES string of the molecule is CCC(O)CNCc1c[nH]c2ncccc12. The lowest BCUT2D eigenvalue weighted by Gasteiger charge is -2.08. The molecule has 0 aliphatic carbocycles. The average Bonchev–Trinajstić information content (AvgIpc) is 2.73. The topological polar surface area (TPSA) is 60.9 Å². The number of hydrogen-bond acceptors (Lipinski definition) is 3. The van der Waals surface area contributed by atoms with E-state index in [0.717, 1.165) is 24.0 Å². The van der Waals surface area contributed by atoms with Crippen LogP contribution in [0.15, 0.2) is 24.5 Å². The Balaban J connectivity index is 1.99. The zero-order valence-corrected chi connectivity index (χ0v) is 9.40. The maximum Gasteiger partial charge on any atom is 0.137 e. The average molecular weight is 219 g/mol. The quantitative estimate of drug-likeness (QED) is 0.712. The molecule has 1 unspecified atom stereocenters. The van der Waals surface area contributed by atoms with Gasteiger partial charge in [0.05, 0.1) is 6.10 Å². The highest BCUT2D eigenvalue weighted by molar-refractivity contribution is 5.79. The molecule has 2 rings (SSSR count). The van der Waals surface area contributed by atoms with Gasteiger partial charge >= 0.3 is 0 Å². The number of pyridine rings is 1. The molecule has 2 aromatic rings. The Morgan fingerprint density at radius 2 is 2.44 bits per heavy atom. The molecule has 0 aliphatic rings. The monoisotopic (exact) mass is 219 g/mol. The summed E-state index contributed by atoms with van der Waals surface area (Å²) in [4.78, 5) is 7.36. The third kappa shape index (κ3) is 2.40. The summed E-state index contributed by atoms with van der Waals surface area (Å²) in [6, 6.07) is 3.98. The van der Waals surface area contributed by atoms with E-state index >= 15 is 0 Å². The van der Waals surface area contributed by atoms with E-state index in [-0.39, 0.29) is 6.10 Å². The smallest absolute Gasteiger partial charge is 0.137 e. The van der Waals surface area contributed by atoms with Gasteiger partial charge in [0.2, 0.25) is 0 Å². The predicted molar refractivity (Wildman–Crippen MR) is 64.1 cm³/mol. The molecule has 0 spiro atoms. The molecular formula is C12H17N3O. The summed E-state index contributed by atoms with van der Waals surface area (Å²) in [7, 11) is 0. The van der Waals surface area contributed by atoms with E-state index in [1.54, 1.807) is 6.20 Å². The summed E-state index contributed by atoms with van der Waals surface area (Å²) in [5.74, 6) is 0. The van der Waals surface area contributed by atoms with E-state index in [0.29, 0.717) is 6.54 Å². The lowest BCUT2D eigenvalue weighted by Crippen LogP contribution is -2.25. The molecule has 0 radical (unpaired) electrons. The van der Waals surface area contributed by atoms with Crippen LogP contribution in [0.5, 0.6) is 0 Å². The van der Waals surface area contributed by atoms with Crippen LogP contribution in [-0.4, -0.2) is 27.7 Å². The van der Waals surface area contributed by atoms with Crippen molar-refractivity contribution in [1.82, 2.24) is 15.3 Å². The van der Waals surface area contributed by atoms with Gasteiger partial charge in [0.25, 0.3) is 0 Å².